The van der Waals surface area contributed by atoms with Crippen molar-refractivity contribution in [1.29, 1.82) is 0 Å². The first-order valence-corrected chi connectivity index (χ1v) is 8.47. The lowest BCUT2D eigenvalue weighted by Crippen LogP contribution is -2.33. The van der Waals surface area contributed by atoms with E-state index in [0.717, 1.165) is 9.65 Å². The second-order valence-electron chi connectivity index (χ2n) is 6.55. The molecule has 2 heterocycles. The zero-order valence-electron chi connectivity index (χ0n) is 12.4. The maximum atomic E-state index is 12.1. The molecular weight excluding hydrogens is 294 g/mol. The summed E-state index contributed by atoms with van der Waals surface area (Å²) in [5.41, 5.74) is 0.849. The molecule has 0 unspecified atom stereocenters. The molecule has 1 aliphatic carbocycles. The first-order chi connectivity index (χ1) is 9.67. The smallest absolute Gasteiger partial charge is 0.410 e. The third kappa shape index (κ3) is 2.76. The van der Waals surface area contributed by atoms with Crippen LogP contribution in [0.1, 0.15) is 44.9 Å². The fourth-order valence-corrected chi connectivity index (χ4v) is 3.76. The normalized spacial score (nSPS) is 18.7. The summed E-state index contributed by atoms with van der Waals surface area (Å²) in [7, 11) is -3.34. The van der Waals surface area contributed by atoms with Gasteiger partial charge in [0, 0.05) is 11.8 Å². The van der Waals surface area contributed by atoms with E-state index < -0.39 is 21.7 Å². The zero-order chi connectivity index (χ0) is 15.4. The van der Waals surface area contributed by atoms with Gasteiger partial charge in [0.2, 0.25) is 0 Å². The van der Waals surface area contributed by atoms with E-state index in [9.17, 15) is 13.2 Å². The summed E-state index contributed by atoms with van der Waals surface area (Å²) in [4.78, 5) is 13.5. The van der Waals surface area contributed by atoms with E-state index in [2.05, 4.69) is 5.10 Å². The summed E-state index contributed by atoms with van der Waals surface area (Å²) >= 11 is 0. The highest BCUT2D eigenvalue weighted by atomic mass is 32.2. The van der Waals surface area contributed by atoms with Crippen LogP contribution >= 0.6 is 0 Å². The molecule has 116 valence electrons. The average Bonchev–Trinajstić information content (AvgIpc) is 2.98. The predicted octanol–water partition coefficient (Wildman–Crippen LogP) is 1.47. The molecular formula is C13H19N3O4S. The van der Waals surface area contributed by atoms with Crippen LogP contribution in [-0.4, -0.2) is 39.4 Å². The van der Waals surface area contributed by atoms with Crippen LogP contribution in [0.4, 0.5) is 4.79 Å². The SMILES string of the molecule is CC(C)(C)OC(=O)N1Cc2cn(S(=O)(=O)C3CC3)nc2C1. The highest BCUT2D eigenvalue weighted by Crippen LogP contribution is 2.31. The standard InChI is InChI=1S/C13H19N3O4S/c1-13(2,3)20-12(17)15-6-9-7-16(14-11(9)8-15)21(18,19)10-4-5-10/h7,10H,4-6,8H2,1-3H3. The molecule has 0 aromatic carbocycles. The number of nitrogens with zero attached hydrogens (tertiary/aromatic N) is 3. The van der Waals surface area contributed by atoms with Crippen molar-refractivity contribution in [3.05, 3.63) is 17.5 Å². The fourth-order valence-electron chi connectivity index (χ4n) is 2.23. The van der Waals surface area contributed by atoms with Crippen molar-refractivity contribution in [2.75, 3.05) is 0 Å². The fraction of sp³-hybridized carbons (Fsp3) is 0.692. The molecule has 7 nitrogen and oxygen atoms in total. The lowest BCUT2D eigenvalue weighted by molar-refractivity contribution is 0.0239. The molecule has 1 aliphatic heterocycles. The Morgan fingerprint density at radius 1 is 1.33 bits per heavy atom. The van der Waals surface area contributed by atoms with Crippen molar-refractivity contribution in [3.63, 3.8) is 0 Å². The largest absolute Gasteiger partial charge is 0.444 e. The highest BCUT2D eigenvalue weighted by Gasteiger charge is 2.39. The summed E-state index contributed by atoms with van der Waals surface area (Å²) in [5.74, 6) is 0. The van der Waals surface area contributed by atoms with Crippen LogP contribution < -0.4 is 0 Å². The monoisotopic (exact) mass is 313 g/mol. The minimum Gasteiger partial charge on any atom is -0.444 e. The molecule has 0 N–H and O–H groups in total. The second kappa shape index (κ2) is 4.46. The summed E-state index contributed by atoms with van der Waals surface area (Å²) in [6.45, 7) is 6.05. The van der Waals surface area contributed by atoms with Gasteiger partial charge < -0.3 is 4.74 Å². The first kappa shape index (κ1) is 14.4. The van der Waals surface area contributed by atoms with Gasteiger partial charge in [-0.2, -0.15) is 9.19 Å². The minimum atomic E-state index is -3.34. The molecule has 0 saturated heterocycles. The summed E-state index contributed by atoms with van der Waals surface area (Å²) < 4.78 is 30.6. The Balaban J connectivity index is 1.72. The van der Waals surface area contributed by atoms with Crippen LogP contribution in [-0.2, 0) is 27.8 Å². The Hall–Kier alpha value is -1.57. The van der Waals surface area contributed by atoms with Gasteiger partial charge in [0.15, 0.2) is 0 Å². The van der Waals surface area contributed by atoms with E-state index >= 15 is 0 Å². The number of ether oxygens (including phenoxy) is 1. The van der Waals surface area contributed by atoms with E-state index in [-0.39, 0.29) is 11.8 Å². The van der Waals surface area contributed by atoms with Crippen molar-refractivity contribution in [3.8, 4) is 0 Å². The maximum absolute atomic E-state index is 12.1. The van der Waals surface area contributed by atoms with Gasteiger partial charge in [0.25, 0.3) is 10.0 Å². The first-order valence-electron chi connectivity index (χ1n) is 6.96. The van der Waals surface area contributed by atoms with Crippen molar-refractivity contribution in [2.24, 2.45) is 0 Å². The molecule has 8 heteroatoms. The molecule has 1 fully saturated rings. The molecule has 0 spiro atoms. The highest BCUT2D eigenvalue weighted by molar-refractivity contribution is 7.90. The maximum Gasteiger partial charge on any atom is 0.410 e. The molecule has 1 aromatic heterocycles. The molecule has 0 bridgehead atoms. The van der Waals surface area contributed by atoms with Gasteiger partial charge in [-0.05, 0) is 33.6 Å². The molecule has 0 radical (unpaired) electrons. The second-order valence-corrected chi connectivity index (χ2v) is 8.63. The summed E-state index contributed by atoms with van der Waals surface area (Å²) in [6.07, 6.45) is 2.53. The van der Waals surface area contributed by atoms with Gasteiger partial charge in [0.05, 0.1) is 24.0 Å². The van der Waals surface area contributed by atoms with Gasteiger partial charge in [-0.3, -0.25) is 4.90 Å². The van der Waals surface area contributed by atoms with E-state index in [4.69, 9.17) is 4.74 Å². The number of rotatable bonds is 2. The topological polar surface area (TPSA) is 81.5 Å². The van der Waals surface area contributed by atoms with E-state index in [1.54, 1.807) is 0 Å². The molecule has 21 heavy (non-hydrogen) atoms. The Bertz CT molecular complexity index is 659. The summed E-state index contributed by atoms with van der Waals surface area (Å²) in [5, 5.41) is 3.84. The van der Waals surface area contributed by atoms with Crippen LogP contribution in [0.3, 0.4) is 0 Å². The molecule has 3 rings (SSSR count). The Morgan fingerprint density at radius 2 is 2.00 bits per heavy atom. The molecule has 0 atom stereocenters. The summed E-state index contributed by atoms with van der Waals surface area (Å²) in [6, 6.07) is 0. The third-order valence-electron chi connectivity index (χ3n) is 3.42. The van der Waals surface area contributed by atoms with Gasteiger partial charge in [-0.15, -0.1) is 0 Å². The molecule has 1 aromatic rings. The van der Waals surface area contributed by atoms with Crippen molar-refractivity contribution in [1.82, 2.24) is 14.1 Å². The quantitative estimate of drug-likeness (QED) is 0.826. The number of aromatic nitrogens is 2. The lowest BCUT2D eigenvalue weighted by Gasteiger charge is -2.24. The number of carbonyl (C=O) groups excluding carboxylic acids is 1. The van der Waals surface area contributed by atoms with Crippen LogP contribution in [0.15, 0.2) is 6.20 Å². The molecule has 2 aliphatic rings. The number of hydrogen-bond donors (Lipinski definition) is 0. The van der Waals surface area contributed by atoms with E-state index in [0.29, 0.717) is 25.1 Å². The number of carbonyl (C=O) groups is 1. The van der Waals surface area contributed by atoms with E-state index in [1.165, 1.54) is 11.1 Å². The van der Waals surface area contributed by atoms with Gasteiger partial charge in [-0.25, -0.2) is 13.2 Å². The van der Waals surface area contributed by atoms with Gasteiger partial charge >= 0.3 is 6.09 Å². The predicted molar refractivity (Wildman–Crippen MR) is 75.0 cm³/mol. The number of hydrogen-bond acceptors (Lipinski definition) is 5. The van der Waals surface area contributed by atoms with Crippen LogP contribution in [0.2, 0.25) is 0 Å². The van der Waals surface area contributed by atoms with Gasteiger partial charge in [-0.1, -0.05) is 0 Å². The zero-order valence-corrected chi connectivity index (χ0v) is 13.2. The van der Waals surface area contributed by atoms with Crippen LogP contribution in [0.5, 0.6) is 0 Å². The van der Waals surface area contributed by atoms with Crippen molar-refractivity contribution >= 4 is 16.1 Å². The van der Waals surface area contributed by atoms with E-state index in [1.807, 2.05) is 20.8 Å². The molecule has 1 saturated carbocycles. The molecule has 1 amide bonds. The average molecular weight is 313 g/mol. The number of fused-ring (bicyclic) bond motifs is 1. The Kier molecular flexibility index (Phi) is 3.05. The van der Waals surface area contributed by atoms with Crippen LogP contribution in [0, 0.1) is 0 Å². The third-order valence-corrected chi connectivity index (χ3v) is 5.44. The van der Waals surface area contributed by atoms with Crippen molar-refractivity contribution < 1.29 is 17.9 Å². The Labute approximate surface area is 123 Å². The van der Waals surface area contributed by atoms with Crippen molar-refractivity contribution in [2.45, 2.75) is 57.6 Å². The van der Waals surface area contributed by atoms with Gasteiger partial charge in [0.1, 0.15) is 5.60 Å². The lowest BCUT2D eigenvalue weighted by atomic mass is 10.2. The minimum absolute atomic E-state index is 0.289. The number of amides is 1. The Morgan fingerprint density at radius 3 is 2.52 bits per heavy atom. The van der Waals surface area contributed by atoms with Crippen LogP contribution in [0.25, 0.3) is 0 Å².